The Morgan fingerprint density at radius 2 is 1.91 bits per heavy atom. The van der Waals surface area contributed by atoms with E-state index < -0.39 is 0 Å². The molecular formula is C16H20N2O4. The van der Waals surface area contributed by atoms with Crippen LogP contribution in [0.25, 0.3) is 0 Å². The lowest BCUT2D eigenvalue weighted by molar-refractivity contribution is -0.147. The summed E-state index contributed by atoms with van der Waals surface area (Å²) in [5.41, 5.74) is 0.484. The van der Waals surface area contributed by atoms with Crippen molar-refractivity contribution in [1.29, 1.82) is 0 Å². The lowest BCUT2D eigenvalue weighted by Crippen LogP contribution is -2.37. The van der Waals surface area contributed by atoms with Crippen LogP contribution in [0.1, 0.15) is 36.0 Å². The monoisotopic (exact) mass is 304 g/mol. The van der Waals surface area contributed by atoms with Gasteiger partial charge in [0.2, 0.25) is 5.91 Å². The molecule has 0 unspecified atom stereocenters. The van der Waals surface area contributed by atoms with E-state index in [1.54, 1.807) is 18.3 Å². The van der Waals surface area contributed by atoms with Gasteiger partial charge < -0.3 is 10.1 Å². The summed E-state index contributed by atoms with van der Waals surface area (Å²) < 4.78 is 4.72. The van der Waals surface area contributed by atoms with Gasteiger partial charge in [-0.3, -0.25) is 19.4 Å². The zero-order chi connectivity index (χ0) is 15.9. The van der Waals surface area contributed by atoms with Crippen LogP contribution in [0.3, 0.4) is 0 Å². The second kappa shape index (κ2) is 7.68. The molecule has 0 radical (unpaired) electrons. The quantitative estimate of drug-likeness (QED) is 0.656. The maximum atomic E-state index is 12.1. The number of hydrogen-bond donors (Lipinski definition) is 1. The molecule has 1 aliphatic rings. The molecule has 6 nitrogen and oxygen atoms in total. The van der Waals surface area contributed by atoms with Crippen molar-refractivity contribution in [2.75, 3.05) is 13.7 Å². The van der Waals surface area contributed by atoms with Gasteiger partial charge in [-0.25, -0.2) is 0 Å². The minimum Gasteiger partial charge on any atom is -0.469 e. The van der Waals surface area contributed by atoms with Crippen molar-refractivity contribution < 1.29 is 19.1 Å². The van der Waals surface area contributed by atoms with Crippen molar-refractivity contribution in [2.45, 2.75) is 25.7 Å². The molecule has 2 rings (SSSR count). The number of nitrogens with zero attached hydrogens (tertiary/aromatic N) is 1. The molecule has 1 amide bonds. The number of ketones is 1. The Kier molecular flexibility index (Phi) is 5.63. The number of hydrogen-bond acceptors (Lipinski definition) is 5. The van der Waals surface area contributed by atoms with Crippen LogP contribution in [0.4, 0.5) is 0 Å². The number of rotatable bonds is 5. The van der Waals surface area contributed by atoms with Gasteiger partial charge in [-0.15, -0.1) is 0 Å². The molecule has 1 aliphatic carbocycles. The highest BCUT2D eigenvalue weighted by molar-refractivity contribution is 5.99. The van der Waals surface area contributed by atoms with E-state index in [0.717, 1.165) is 0 Å². The lowest BCUT2D eigenvalue weighted by atomic mass is 9.81. The van der Waals surface area contributed by atoms with Crippen LogP contribution in [0.5, 0.6) is 0 Å². The molecule has 1 aromatic rings. The highest BCUT2D eigenvalue weighted by Crippen LogP contribution is 2.29. The number of aromatic nitrogens is 1. The Hall–Kier alpha value is -2.24. The summed E-state index contributed by atoms with van der Waals surface area (Å²) in [7, 11) is 1.38. The molecular weight excluding hydrogens is 284 g/mol. The summed E-state index contributed by atoms with van der Waals surface area (Å²) in [5.74, 6) is -0.732. The third-order valence-electron chi connectivity index (χ3n) is 4.04. The Labute approximate surface area is 129 Å². The zero-order valence-corrected chi connectivity index (χ0v) is 12.6. The molecule has 1 saturated carbocycles. The van der Waals surface area contributed by atoms with Crippen molar-refractivity contribution in [3.8, 4) is 0 Å². The van der Waals surface area contributed by atoms with E-state index in [4.69, 9.17) is 4.74 Å². The molecule has 6 heteroatoms. The summed E-state index contributed by atoms with van der Waals surface area (Å²) in [5, 5.41) is 2.68. The van der Waals surface area contributed by atoms with Gasteiger partial charge in [-0.2, -0.15) is 0 Å². The van der Waals surface area contributed by atoms with E-state index in [1.807, 2.05) is 0 Å². The highest BCUT2D eigenvalue weighted by atomic mass is 16.5. The smallest absolute Gasteiger partial charge is 0.308 e. The van der Waals surface area contributed by atoms with Crippen LogP contribution in [0, 0.1) is 11.8 Å². The van der Waals surface area contributed by atoms with E-state index in [-0.39, 0.29) is 36.0 Å². The lowest BCUT2D eigenvalue weighted by Gasteiger charge is -2.25. The van der Waals surface area contributed by atoms with E-state index in [1.165, 1.54) is 13.3 Å². The topological polar surface area (TPSA) is 85.4 Å². The number of carbonyl (C=O) groups excluding carboxylic acids is 3. The number of esters is 1. The molecule has 1 aromatic heterocycles. The first kappa shape index (κ1) is 16.1. The van der Waals surface area contributed by atoms with Crippen molar-refractivity contribution >= 4 is 17.7 Å². The van der Waals surface area contributed by atoms with Crippen LogP contribution in [0.15, 0.2) is 24.5 Å². The van der Waals surface area contributed by atoms with Crippen LogP contribution >= 0.6 is 0 Å². The third-order valence-corrected chi connectivity index (χ3v) is 4.04. The second-order valence-corrected chi connectivity index (χ2v) is 5.45. The highest BCUT2D eigenvalue weighted by Gasteiger charge is 2.30. The van der Waals surface area contributed by atoms with E-state index >= 15 is 0 Å². The number of amides is 1. The predicted octanol–water partition coefficient (Wildman–Crippen LogP) is 1.36. The van der Waals surface area contributed by atoms with Crippen LogP contribution in [-0.4, -0.2) is 36.3 Å². The van der Waals surface area contributed by atoms with Gasteiger partial charge in [0, 0.05) is 23.9 Å². The second-order valence-electron chi connectivity index (χ2n) is 5.45. The minimum absolute atomic E-state index is 0.0263. The molecule has 0 aromatic carbocycles. The first-order valence-electron chi connectivity index (χ1n) is 7.40. The molecule has 0 spiro atoms. The maximum absolute atomic E-state index is 12.1. The van der Waals surface area contributed by atoms with Crippen molar-refractivity contribution in [3.63, 3.8) is 0 Å². The maximum Gasteiger partial charge on any atom is 0.308 e. The average Bonchev–Trinajstić information content (AvgIpc) is 2.59. The molecule has 1 heterocycles. The van der Waals surface area contributed by atoms with Crippen LogP contribution in [0.2, 0.25) is 0 Å². The van der Waals surface area contributed by atoms with Gasteiger partial charge in [0.05, 0.1) is 19.6 Å². The van der Waals surface area contributed by atoms with Gasteiger partial charge in [-0.1, -0.05) is 0 Å². The Morgan fingerprint density at radius 3 is 2.50 bits per heavy atom. The first-order valence-corrected chi connectivity index (χ1v) is 7.40. The van der Waals surface area contributed by atoms with Gasteiger partial charge in [-0.05, 0) is 37.8 Å². The molecule has 0 atom stereocenters. The third kappa shape index (κ3) is 4.13. The largest absolute Gasteiger partial charge is 0.469 e. The predicted molar refractivity (Wildman–Crippen MR) is 79.0 cm³/mol. The van der Waals surface area contributed by atoms with Gasteiger partial charge in [0.25, 0.3) is 0 Å². The number of nitrogens with one attached hydrogen (secondary N) is 1. The van der Waals surface area contributed by atoms with E-state index in [2.05, 4.69) is 10.3 Å². The van der Waals surface area contributed by atoms with E-state index in [0.29, 0.717) is 31.2 Å². The Balaban J connectivity index is 1.77. The van der Waals surface area contributed by atoms with Crippen molar-refractivity contribution in [3.05, 3.63) is 30.1 Å². The standard InChI is InChI=1S/C16H20N2O4/c1-22-16(21)12-6-4-11(5-7-12)15(20)18-10-14(19)13-3-2-8-17-9-13/h2-3,8-9,11-12H,4-7,10H2,1H3,(H,18,20). The summed E-state index contributed by atoms with van der Waals surface area (Å²) in [6.45, 7) is -0.0263. The Morgan fingerprint density at radius 1 is 1.23 bits per heavy atom. The summed E-state index contributed by atoms with van der Waals surface area (Å²) in [6.07, 6.45) is 5.67. The molecule has 0 bridgehead atoms. The summed E-state index contributed by atoms with van der Waals surface area (Å²) in [4.78, 5) is 39.3. The molecule has 0 saturated heterocycles. The van der Waals surface area contributed by atoms with Crippen LogP contribution < -0.4 is 5.32 Å². The average molecular weight is 304 g/mol. The normalized spacial score (nSPS) is 21.0. The number of carbonyl (C=O) groups is 3. The summed E-state index contributed by atoms with van der Waals surface area (Å²) in [6, 6.07) is 3.35. The van der Waals surface area contributed by atoms with Gasteiger partial charge in [0.1, 0.15) is 0 Å². The SMILES string of the molecule is COC(=O)C1CCC(C(=O)NCC(=O)c2cccnc2)CC1. The minimum atomic E-state index is -0.203. The number of pyridine rings is 1. The zero-order valence-electron chi connectivity index (χ0n) is 12.6. The summed E-state index contributed by atoms with van der Waals surface area (Å²) >= 11 is 0. The van der Waals surface area contributed by atoms with Crippen LogP contribution in [-0.2, 0) is 14.3 Å². The number of methoxy groups -OCH3 is 1. The fourth-order valence-electron chi connectivity index (χ4n) is 2.70. The number of Topliss-reactive ketones (excluding diaryl/α,β-unsaturated/α-hetero) is 1. The van der Waals surface area contributed by atoms with Gasteiger partial charge >= 0.3 is 5.97 Å². The fourth-order valence-corrected chi connectivity index (χ4v) is 2.70. The van der Waals surface area contributed by atoms with Crippen molar-refractivity contribution in [2.24, 2.45) is 11.8 Å². The molecule has 1 N–H and O–H groups in total. The van der Waals surface area contributed by atoms with Gasteiger partial charge in [0.15, 0.2) is 5.78 Å². The van der Waals surface area contributed by atoms with E-state index in [9.17, 15) is 14.4 Å². The molecule has 22 heavy (non-hydrogen) atoms. The molecule has 0 aliphatic heterocycles. The Bertz CT molecular complexity index is 536. The molecule has 1 fully saturated rings. The first-order chi connectivity index (χ1) is 10.6. The van der Waals surface area contributed by atoms with Crippen molar-refractivity contribution in [1.82, 2.24) is 10.3 Å². The fraction of sp³-hybridized carbons (Fsp3) is 0.500. The molecule has 118 valence electrons. The number of ether oxygens (including phenoxy) is 1.